The van der Waals surface area contributed by atoms with Crippen molar-refractivity contribution >= 4 is 16.9 Å². The van der Waals surface area contributed by atoms with Crippen molar-refractivity contribution in [3.05, 3.63) is 48.0 Å². The minimum Gasteiger partial charge on any atom is -0.497 e. The maximum atomic E-state index is 11.6. The lowest BCUT2D eigenvalue weighted by Crippen LogP contribution is -2.35. The number of nitrogens with one attached hydrogen (secondary N) is 1. The van der Waals surface area contributed by atoms with E-state index < -0.39 is 5.41 Å². The van der Waals surface area contributed by atoms with Gasteiger partial charge in [-0.1, -0.05) is 6.07 Å². The number of aromatic amines is 1. The fourth-order valence-electron chi connectivity index (χ4n) is 2.43. The number of aromatic nitrogens is 2. The molecule has 0 unspecified atom stereocenters. The minimum absolute atomic E-state index is 0.355. The zero-order valence-electron chi connectivity index (χ0n) is 13.4. The first kappa shape index (κ1) is 15.1. The number of amides is 1. The van der Waals surface area contributed by atoms with Gasteiger partial charge in [0, 0.05) is 5.56 Å². The highest BCUT2D eigenvalue weighted by atomic mass is 16.5. The molecule has 2 aromatic carbocycles. The van der Waals surface area contributed by atoms with Gasteiger partial charge in [-0.3, -0.25) is 4.79 Å². The number of nitrogens with two attached hydrogens (primary N) is 1. The molecule has 0 fully saturated rings. The number of nitrogens with zero attached hydrogens (tertiary/aromatic N) is 1. The number of rotatable bonds is 4. The summed E-state index contributed by atoms with van der Waals surface area (Å²) < 4.78 is 5.17. The van der Waals surface area contributed by atoms with Gasteiger partial charge in [0.2, 0.25) is 5.91 Å². The van der Waals surface area contributed by atoms with Crippen molar-refractivity contribution in [2.45, 2.75) is 19.3 Å². The van der Waals surface area contributed by atoms with E-state index in [4.69, 9.17) is 10.5 Å². The van der Waals surface area contributed by atoms with E-state index in [0.717, 1.165) is 33.7 Å². The van der Waals surface area contributed by atoms with Gasteiger partial charge in [-0.25, -0.2) is 4.98 Å². The second kappa shape index (κ2) is 5.43. The number of benzene rings is 2. The predicted molar refractivity (Wildman–Crippen MR) is 90.3 cm³/mol. The average Bonchev–Trinajstić information content (AvgIpc) is 2.97. The number of H-pyrrole nitrogens is 1. The van der Waals surface area contributed by atoms with Crippen LogP contribution < -0.4 is 10.5 Å². The van der Waals surface area contributed by atoms with Crippen LogP contribution in [0.4, 0.5) is 0 Å². The molecule has 1 amide bonds. The van der Waals surface area contributed by atoms with Crippen LogP contribution in [0.1, 0.15) is 19.4 Å². The summed E-state index contributed by atoms with van der Waals surface area (Å²) >= 11 is 0. The molecule has 0 aliphatic heterocycles. The van der Waals surface area contributed by atoms with Crippen LogP contribution >= 0.6 is 0 Å². The van der Waals surface area contributed by atoms with Gasteiger partial charge in [0.1, 0.15) is 11.6 Å². The van der Waals surface area contributed by atoms with E-state index in [2.05, 4.69) is 9.97 Å². The zero-order chi connectivity index (χ0) is 16.6. The van der Waals surface area contributed by atoms with Crippen LogP contribution in [0.5, 0.6) is 5.75 Å². The Labute approximate surface area is 134 Å². The first-order chi connectivity index (χ1) is 10.9. The summed E-state index contributed by atoms with van der Waals surface area (Å²) in [6.07, 6.45) is 0. The lowest BCUT2D eigenvalue weighted by molar-refractivity contribution is -0.122. The van der Waals surface area contributed by atoms with Crippen LogP contribution in [0.3, 0.4) is 0 Å². The van der Waals surface area contributed by atoms with Crippen molar-refractivity contribution in [3.63, 3.8) is 0 Å². The summed E-state index contributed by atoms with van der Waals surface area (Å²) in [6.45, 7) is 3.63. The summed E-state index contributed by atoms with van der Waals surface area (Å²) in [7, 11) is 1.64. The van der Waals surface area contributed by atoms with Crippen molar-refractivity contribution < 1.29 is 9.53 Å². The highest BCUT2D eigenvalue weighted by molar-refractivity contribution is 5.88. The van der Waals surface area contributed by atoms with Crippen LogP contribution in [0, 0.1) is 0 Å². The van der Waals surface area contributed by atoms with Crippen molar-refractivity contribution in [1.29, 1.82) is 0 Å². The van der Waals surface area contributed by atoms with Crippen LogP contribution in [-0.2, 0) is 10.2 Å². The summed E-state index contributed by atoms with van der Waals surface area (Å²) in [4.78, 5) is 19.5. The summed E-state index contributed by atoms with van der Waals surface area (Å²) in [6, 6.07) is 13.4. The van der Waals surface area contributed by atoms with Gasteiger partial charge >= 0.3 is 0 Å². The van der Waals surface area contributed by atoms with E-state index in [9.17, 15) is 4.79 Å². The third-order valence-electron chi connectivity index (χ3n) is 4.18. The third kappa shape index (κ3) is 2.65. The van der Waals surface area contributed by atoms with E-state index in [1.165, 1.54) is 0 Å². The van der Waals surface area contributed by atoms with E-state index in [1.807, 2.05) is 56.3 Å². The Morgan fingerprint density at radius 2 is 1.87 bits per heavy atom. The maximum absolute atomic E-state index is 11.6. The van der Waals surface area contributed by atoms with Gasteiger partial charge in [-0.15, -0.1) is 0 Å². The fourth-order valence-corrected chi connectivity index (χ4v) is 2.43. The SMILES string of the molecule is COc1ccc(-c2nc3ccc(C(C)(C)C(N)=O)cc3[nH]2)cc1. The van der Waals surface area contributed by atoms with Crippen molar-refractivity contribution in [3.8, 4) is 17.1 Å². The molecule has 0 aliphatic rings. The fraction of sp³-hybridized carbons (Fsp3) is 0.222. The molecule has 0 saturated heterocycles. The van der Waals surface area contributed by atoms with Crippen LogP contribution in [-0.4, -0.2) is 23.0 Å². The molecule has 3 N–H and O–H groups in total. The Kier molecular flexibility index (Phi) is 3.56. The number of carbonyl (C=O) groups excluding carboxylic acids is 1. The molecule has 0 spiro atoms. The molecule has 5 nitrogen and oxygen atoms in total. The second-order valence-electron chi connectivity index (χ2n) is 6.04. The largest absolute Gasteiger partial charge is 0.497 e. The first-order valence-corrected chi connectivity index (χ1v) is 7.36. The van der Waals surface area contributed by atoms with Gasteiger partial charge in [-0.2, -0.15) is 0 Å². The van der Waals surface area contributed by atoms with Gasteiger partial charge in [0.25, 0.3) is 0 Å². The maximum Gasteiger partial charge on any atom is 0.227 e. The highest BCUT2D eigenvalue weighted by Gasteiger charge is 2.27. The first-order valence-electron chi connectivity index (χ1n) is 7.36. The van der Waals surface area contributed by atoms with Gasteiger partial charge < -0.3 is 15.5 Å². The van der Waals surface area contributed by atoms with Crippen LogP contribution in [0.25, 0.3) is 22.4 Å². The second-order valence-corrected chi connectivity index (χ2v) is 6.04. The van der Waals surface area contributed by atoms with Gasteiger partial charge in [0.05, 0.1) is 23.6 Å². The van der Waals surface area contributed by atoms with Crippen molar-refractivity contribution in [2.75, 3.05) is 7.11 Å². The molecule has 3 rings (SSSR count). The third-order valence-corrected chi connectivity index (χ3v) is 4.18. The Morgan fingerprint density at radius 1 is 1.17 bits per heavy atom. The number of imidazole rings is 1. The molecular formula is C18H19N3O2. The number of fused-ring (bicyclic) bond motifs is 1. The molecule has 118 valence electrons. The zero-order valence-corrected chi connectivity index (χ0v) is 13.4. The standard InChI is InChI=1S/C18H19N3O2/c1-18(2,17(19)22)12-6-9-14-15(10-12)21-16(20-14)11-4-7-13(23-3)8-5-11/h4-10H,1-3H3,(H2,19,22)(H,20,21). The summed E-state index contributed by atoms with van der Waals surface area (Å²) in [5, 5.41) is 0. The monoisotopic (exact) mass is 309 g/mol. The van der Waals surface area contributed by atoms with E-state index >= 15 is 0 Å². The number of hydrogen-bond donors (Lipinski definition) is 2. The number of hydrogen-bond acceptors (Lipinski definition) is 3. The summed E-state index contributed by atoms with van der Waals surface area (Å²) in [5.41, 5.74) is 8.33. The quantitative estimate of drug-likeness (QED) is 0.777. The molecule has 1 aromatic heterocycles. The molecule has 0 atom stereocenters. The highest BCUT2D eigenvalue weighted by Crippen LogP contribution is 2.28. The normalized spacial score (nSPS) is 11.6. The predicted octanol–water partition coefficient (Wildman–Crippen LogP) is 3.00. The molecule has 5 heteroatoms. The molecule has 1 heterocycles. The van der Waals surface area contributed by atoms with Crippen molar-refractivity contribution in [1.82, 2.24) is 9.97 Å². The molecule has 3 aromatic rings. The molecule has 0 saturated carbocycles. The van der Waals surface area contributed by atoms with E-state index in [0.29, 0.717) is 0 Å². The molecule has 0 aliphatic carbocycles. The van der Waals surface area contributed by atoms with Crippen LogP contribution in [0.2, 0.25) is 0 Å². The number of carbonyl (C=O) groups is 1. The minimum atomic E-state index is -0.723. The molecule has 0 bridgehead atoms. The lowest BCUT2D eigenvalue weighted by atomic mass is 9.84. The topological polar surface area (TPSA) is 81.0 Å². The average molecular weight is 309 g/mol. The molecule has 0 radical (unpaired) electrons. The van der Waals surface area contributed by atoms with Gasteiger partial charge in [-0.05, 0) is 55.8 Å². The number of methoxy groups -OCH3 is 1. The smallest absolute Gasteiger partial charge is 0.227 e. The Bertz CT molecular complexity index is 864. The Hall–Kier alpha value is -2.82. The number of primary amides is 1. The Morgan fingerprint density at radius 3 is 2.48 bits per heavy atom. The number of ether oxygens (including phenoxy) is 1. The van der Waals surface area contributed by atoms with E-state index in [-0.39, 0.29) is 5.91 Å². The van der Waals surface area contributed by atoms with Gasteiger partial charge in [0.15, 0.2) is 0 Å². The Balaban J connectivity index is 2.03. The molecular weight excluding hydrogens is 290 g/mol. The summed E-state index contributed by atoms with van der Waals surface area (Å²) in [5.74, 6) is 1.22. The lowest BCUT2D eigenvalue weighted by Gasteiger charge is -2.20. The molecule has 23 heavy (non-hydrogen) atoms. The van der Waals surface area contributed by atoms with Crippen LogP contribution in [0.15, 0.2) is 42.5 Å². The van der Waals surface area contributed by atoms with E-state index in [1.54, 1.807) is 7.11 Å². The van der Waals surface area contributed by atoms with Crippen molar-refractivity contribution in [2.24, 2.45) is 5.73 Å².